The van der Waals surface area contributed by atoms with Gasteiger partial charge in [0.25, 0.3) is 11.1 Å². The van der Waals surface area contributed by atoms with E-state index in [1.807, 2.05) is 0 Å². The molecule has 0 aliphatic carbocycles. The molecule has 14 heteroatoms. The average Bonchev–Trinajstić information content (AvgIpc) is 3.16. The van der Waals surface area contributed by atoms with Crippen molar-refractivity contribution in [3.8, 4) is 17.2 Å². The van der Waals surface area contributed by atoms with Crippen molar-refractivity contribution in [1.82, 2.24) is 4.90 Å². The van der Waals surface area contributed by atoms with E-state index in [1.54, 1.807) is 30.3 Å². The number of nitro benzene ring substituents is 1. The SMILES string of the molecule is COc1ccccc1NC(=O)CN1C(=O)S/C(=C/c2ccccc2Oc2ccc(C(F)(F)F)cc2[N+](=O)[O-])C1=O. The van der Waals surface area contributed by atoms with E-state index in [0.717, 1.165) is 11.0 Å². The molecule has 1 heterocycles. The minimum absolute atomic E-state index is 0.0222. The summed E-state index contributed by atoms with van der Waals surface area (Å²) in [6, 6.07) is 14.3. The number of halogens is 3. The molecular weight excluding hydrogens is 555 g/mol. The normalized spacial score (nSPS) is 14.4. The number of alkyl halides is 3. The lowest BCUT2D eigenvalue weighted by atomic mass is 10.1. The fraction of sp³-hybridized carbons (Fsp3) is 0.115. The minimum Gasteiger partial charge on any atom is -0.495 e. The van der Waals surface area contributed by atoms with E-state index in [4.69, 9.17) is 9.47 Å². The summed E-state index contributed by atoms with van der Waals surface area (Å²) in [5.74, 6) is -1.51. The number of nitrogens with one attached hydrogen (secondary N) is 1. The Morgan fingerprint density at radius 3 is 2.40 bits per heavy atom. The summed E-state index contributed by atoms with van der Waals surface area (Å²) < 4.78 is 49.8. The number of thioether (sulfide) groups is 1. The lowest BCUT2D eigenvalue weighted by Gasteiger charge is -2.14. The van der Waals surface area contributed by atoms with Crippen molar-refractivity contribution in [2.45, 2.75) is 6.18 Å². The Morgan fingerprint density at radius 2 is 1.73 bits per heavy atom. The first-order chi connectivity index (χ1) is 19.0. The van der Waals surface area contributed by atoms with Gasteiger partial charge in [-0.2, -0.15) is 13.2 Å². The third kappa shape index (κ3) is 6.23. The van der Waals surface area contributed by atoms with Crippen molar-refractivity contribution >= 4 is 46.3 Å². The lowest BCUT2D eigenvalue weighted by molar-refractivity contribution is -0.385. The van der Waals surface area contributed by atoms with E-state index in [9.17, 15) is 37.7 Å². The van der Waals surface area contributed by atoms with Gasteiger partial charge >= 0.3 is 11.9 Å². The minimum atomic E-state index is -4.80. The van der Waals surface area contributed by atoms with E-state index >= 15 is 0 Å². The van der Waals surface area contributed by atoms with Crippen LogP contribution in [0.4, 0.5) is 29.3 Å². The van der Waals surface area contributed by atoms with Crippen LogP contribution in [-0.2, 0) is 15.8 Å². The van der Waals surface area contributed by atoms with Crippen molar-refractivity contribution in [2.24, 2.45) is 0 Å². The highest BCUT2D eigenvalue weighted by molar-refractivity contribution is 8.18. The van der Waals surface area contributed by atoms with Crippen molar-refractivity contribution in [3.63, 3.8) is 0 Å². The summed E-state index contributed by atoms with van der Waals surface area (Å²) in [7, 11) is 1.42. The van der Waals surface area contributed by atoms with Crippen LogP contribution in [0.2, 0.25) is 0 Å². The largest absolute Gasteiger partial charge is 0.495 e. The predicted octanol–water partition coefficient (Wildman–Crippen LogP) is 6.09. The number of rotatable bonds is 8. The first-order valence-electron chi connectivity index (χ1n) is 11.3. The molecule has 0 aromatic heterocycles. The van der Waals surface area contributed by atoms with Gasteiger partial charge in [-0.3, -0.25) is 29.4 Å². The summed E-state index contributed by atoms with van der Waals surface area (Å²) in [4.78, 5) is 49.1. The second-order valence-corrected chi connectivity index (χ2v) is 9.09. The highest BCUT2D eigenvalue weighted by atomic mass is 32.2. The van der Waals surface area contributed by atoms with E-state index < -0.39 is 51.7 Å². The molecule has 1 N–H and O–H groups in total. The smallest absolute Gasteiger partial charge is 0.416 e. The summed E-state index contributed by atoms with van der Waals surface area (Å²) in [5.41, 5.74) is -1.57. The number of imide groups is 1. The third-order valence-electron chi connectivity index (χ3n) is 5.46. The fourth-order valence-corrected chi connectivity index (χ4v) is 4.42. The zero-order valence-corrected chi connectivity index (χ0v) is 21.2. The van der Waals surface area contributed by atoms with Gasteiger partial charge in [0.2, 0.25) is 11.7 Å². The maximum atomic E-state index is 13.0. The van der Waals surface area contributed by atoms with Crippen LogP contribution in [0.25, 0.3) is 6.08 Å². The number of hydrogen-bond acceptors (Lipinski definition) is 8. The van der Waals surface area contributed by atoms with Gasteiger partial charge in [0.05, 0.1) is 28.2 Å². The van der Waals surface area contributed by atoms with Gasteiger partial charge in [-0.25, -0.2) is 0 Å². The highest BCUT2D eigenvalue weighted by Gasteiger charge is 2.37. The quantitative estimate of drug-likeness (QED) is 0.195. The number of para-hydroxylation sites is 3. The number of ether oxygens (including phenoxy) is 2. The van der Waals surface area contributed by atoms with E-state index in [0.29, 0.717) is 35.3 Å². The molecule has 1 aliphatic rings. The number of carbonyl (C=O) groups is 3. The van der Waals surface area contributed by atoms with Crippen molar-refractivity contribution in [3.05, 3.63) is 92.9 Å². The number of carbonyl (C=O) groups excluding carboxylic acids is 3. The summed E-state index contributed by atoms with van der Waals surface area (Å²) in [5, 5.41) is 13.3. The van der Waals surface area contributed by atoms with E-state index in [1.165, 1.54) is 31.4 Å². The van der Waals surface area contributed by atoms with Crippen LogP contribution >= 0.6 is 11.8 Å². The van der Waals surface area contributed by atoms with Gasteiger partial charge in [0.1, 0.15) is 18.0 Å². The monoisotopic (exact) mass is 573 g/mol. The molecule has 3 amide bonds. The maximum absolute atomic E-state index is 13.0. The topological polar surface area (TPSA) is 128 Å². The Kier molecular flexibility index (Phi) is 8.09. The zero-order chi connectivity index (χ0) is 29.0. The molecule has 0 bridgehead atoms. The van der Waals surface area contributed by atoms with Gasteiger partial charge in [0, 0.05) is 11.6 Å². The number of methoxy groups -OCH3 is 1. The molecule has 1 saturated heterocycles. The van der Waals surface area contributed by atoms with Gasteiger partial charge < -0.3 is 14.8 Å². The molecule has 40 heavy (non-hydrogen) atoms. The molecule has 3 aromatic carbocycles. The van der Waals surface area contributed by atoms with Crippen molar-refractivity contribution < 1.29 is 42.0 Å². The number of anilines is 1. The highest BCUT2D eigenvalue weighted by Crippen LogP contribution is 2.40. The van der Waals surface area contributed by atoms with Crippen LogP contribution < -0.4 is 14.8 Å². The first-order valence-corrected chi connectivity index (χ1v) is 12.1. The van der Waals surface area contributed by atoms with E-state index in [2.05, 4.69) is 5.32 Å². The van der Waals surface area contributed by atoms with Crippen LogP contribution in [0.15, 0.2) is 71.6 Å². The maximum Gasteiger partial charge on any atom is 0.416 e. The molecule has 1 fully saturated rings. The molecular formula is C26H18F3N3O7S. The standard InChI is InChI=1S/C26H18F3N3O7S/c1-38-20-9-5-3-7-17(20)30-23(33)14-31-24(34)22(40-25(31)35)12-15-6-2-4-8-19(15)39-21-11-10-16(26(27,28)29)13-18(21)32(36)37/h2-13H,14H2,1H3,(H,30,33)/b22-12+. The Bertz CT molecular complexity index is 1540. The second-order valence-electron chi connectivity index (χ2n) is 8.09. The summed E-state index contributed by atoms with van der Waals surface area (Å²) in [6.07, 6.45) is -3.51. The van der Waals surface area contributed by atoms with Crippen LogP contribution in [0.5, 0.6) is 17.2 Å². The van der Waals surface area contributed by atoms with Crippen LogP contribution in [-0.4, -0.2) is 40.5 Å². The van der Waals surface area contributed by atoms with Crippen LogP contribution in [0, 0.1) is 10.1 Å². The Labute approximate surface area is 228 Å². The van der Waals surface area contributed by atoms with Gasteiger partial charge in [-0.05, 0) is 48.2 Å². The molecule has 4 rings (SSSR count). The summed E-state index contributed by atoms with van der Waals surface area (Å²) >= 11 is 0.565. The van der Waals surface area contributed by atoms with Gasteiger partial charge in [-0.1, -0.05) is 30.3 Å². The zero-order valence-electron chi connectivity index (χ0n) is 20.4. The number of nitrogens with zero attached hydrogens (tertiary/aromatic N) is 2. The molecule has 0 spiro atoms. The molecule has 206 valence electrons. The van der Waals surface area contributed by atoms with Gasteiger partial charge in [0.15, 0.2) is 0 Å². The Hall–Kier alpha value is -4.85. The van der Waals surface area contributed by atoms with Crippen molar-refractivity contribution in [1.29, 1.82) is 0 Å². The molecule has 0 unspecified atom stereocenters. The second kappa shape index (κ2) is 11.5. The molecule has 0 atom stereocenters. The third-order valence-corrected chi connectivity index (χ3v) is 6.37. The van der Waals surface area contributed by atoms with E-state index in [-0.39, 0.29) is 16.2 Å². The number of amides is 3. The molecule has 3 aromatic rings. The van der Waals surface area contributed by atoms with Crippen LogP contribution in [0.3, 0.4) is 0 Å². The van der Waals surface area contributed by atoms with Crippen LogP contribution in [0.1, 0.15) is 11.1 Å². The number of benzene rings is 3. The van der Waals surface area contributed by atoms with Gasteiger partial charge in [-0.15, -0.1) is 0 Å². The number of hydrogen-bond donors (Lipinski definition) is 1. The lowest BCUT2D eigenvalue weighted by Crippen LogP contribution is -2.36. The Morgan fingerprint density at radius 1 is 1.05 bits per heavy atom. The molecule has 1 aliphatic heterocycles. The molecule has 10 nitrogen and oxygen atoms in total. The molecule has 0 saturated carbocycles. The fourth-order valence-electron chi connectivity index (χ4n) is 3.59. The summed E-state index contributed by atoms with van der Waals surface area (Å²) in [6.45, 7) is -0.573. The number of nitro groups is 1. The molecule has 0 radical (unpaired) electrons. The Balaban J connectivity index is 1.55. The first kappa shape index (κ1) is 28.2. The van der Waals surface area contributed by atoms with Crippen molar-refractivity contribution in [2.75, 3.05) is 19.0 Å². The average molecular weight is 574 g/mol. The predicted molar refractivity (Wildman–Crippen MR) is 139 cm³/mol.